The lowest BCUT2D eigenvalue weighted by Gasteiger charge is -2.11. The third kappa shape index (κ3) is 3.68. The van der Waals surface area contributed by atoms with Gasteiger partial charge in [0.2, 0.25) is 5.91 Å². The molecule has 0 aliphatic rings. The van der Waals surface area contributed by atoms with Crippen LogP contribution in [0, 0.1) is 0 Å². The Labute approximate surface area is 122 Å². The Hall–Kier alpha value is -2.14. The predicted molar refractivity (Wildman–Crippen MR) is 81.1 cm³/mol. The first-order valence-electron chi connectivity index (χ1n) is 6.20. The molecule has 20 heavy (non-hydrogen) atoms. The maximum absolute atomic E-state index is 11.9. The van der Waals surface area contributed by atoms with E-state index in [0.29, 0.717) is 17.7 Å². The standard InChI is InChI=1S/C15H16N2O2S/c1-17(2)15(19)11-5-3-6-12(9-11)16-14(18)10-13-7-4-8-20-13/h3-9H,10H2,1-2H3,(H,16,18). The Morgan fingerprint density at radius 1 is 1.20 bits per heavy atom. The molecule has 4 nitrogen and oxygen atoms in total. The van der Waals surface area contributed by atoms with E-state index in [-0.39, 0.29) is 11.8 Å². The lowest BCUT2D eigenvalue weighted by atomic mass is 10.1. The normalized spacial score (nSPS) is 10.1. The van der Waals surface area contributed by atoms with Crippen molar-refractivity contribution in [2.45, 2.75) is 6.42 Å². The number of carbonyl (C=O) groups is 2. The molecular weight excluding hydrogens is 272 g/mol. The van der Waals surface area contributed by atoms with Crippen molar-refractivity contribution in [1.29, 1.82) is 0 Å². The number of nitrogens with zero attached hydrogens (tertiary/aromatic N) is 1. The fraction of sp³-hybridized carbons (Fsp3) is 0.200. The lowest BCUT2D eigenvalue weighted by molar-refractivity contribution is -0.115. The van der Waals surface area contributed by atoms with Gasteiger partial charge < -0.3 is 10.2 Å². The first kappa shape index (κ1) is 14.3. The fourth-order valence-electron chi connectivity index (χ4n) is 1.76. The van der Waals surface area contributed by atoms with Gasteiger partial charge in [-0.1, -0.05) is 12.1 Å². The van der Waals surface area contributed by atoms with Gasteiger partial charge in [0.05, 0.1) is 6.42 Å². The SMILES string of the molecule is CN(C)C(=O)c1cccc(NC(=O)Cc2cccs2)c1. The van der Waals surface area contributed by atoms with Crippen LogP contribution in [-0.4, -0.2) is 30.8 Å². The largest absolute Gasteiger partial charge is 0.345 e. The van der Waals surface area contributed by atoms with Crippen LogP contribution < -0.4 is 5.32 Å². The van der Waals surface area contributed by atoms with Crippen LogP contribution in [0.25, 0.3) is 0 Å². The number of benzene rings is 1. The molecule has 104 valence electrons. The van der Waals surface area contributed by atoms with E-state index in [1.165, 1.54) is 4.90 Å². The van der Waals surface area contributed by atoms with Gasteiger partial charge in [0, 0.05) is 30.2 Å². The maximum atomic E-state index is 11.9. The first-order chi connectivity index (χ1) is 9.56. The molecule has 0 spiro atoms. The smallest absolute Gasteiger partial charge is 0.253 e. The number of nitrogens with one attached hydrogen (secondary N) is 1. The summed E-state index contributed by atoms with van der Waals surface area (Å²) >= 11 is 1.55. The number of carbonyl (C=O) groups excluding carboxylic acids is 2. The highest BCUT2D eigenvalue weighted by Gasteiger charge is 2.10. The highest BCUT2D eigenvalue weighted by Crippen LogP contribution is 2.14. The summed E-state index contributed by atoms with van der Waals surface area (Å²) in [5, 5.41) is 4.75. The maximum Gasteiger partial charge on any atom is 0.253 e. The fourth-order valence-corrected chi connectivity index (χ4v) is 2.47. The molecule has 0 unspecified atom stereocenters. The predicted octanol–water partition coefficient (Wildman–Crippen LogP) is 2.63. The van der Waals surface area contributed by atoms with Gasteiger partial charge in [-0.2, -0.15) is 0 Å². The van der Waals surface area contributed by atoms with E-state index < -0.39 is 0 Å². The Bertz CT molecular complexity index is 606. The van der Waals surface area contributed by atoms with E-state index in [2.05, 4.69) is 5.32 Å². The summed E-state index contributed by atoms with van der Waals surface area (Å²) in [6.07, 6.45) is 0.351. The molecule has 0 radical (unpaired) electrons. The summed E-state index contributed by atoms with van der Waals surface area (Å²) in [4.78, 5) is 26.3. The van der Waals surface area contributed by atoms with Gasteiger partial charge in [-0.15, -0.1) is 11.3 Å². The molecule has 0 aliphatic heterocycles. The minimum atomic E-state index is -0.0839. The molecule has 1 heterocycles. The summed E-state index contributed by atoms with van der Waals surface area (Å²) < 4.78 is 0. The molecule has 1 N–H and O–H groups in total. The third-order valence-electron chi connectivity index (χ3n) is 2.71. The van der Waals surface area contributed by atoms with Crippen molar-refractivity contribution in [3.05, 3.63) is 52.2 Å². The number of amides is 2. The van der Waals surface area contributed by atoms with E-state index in [1.54, 1.807) is 49.7 Å². The summed E-state index contributed by atoms with van der Waals surface area (Å²) in [7, 11) is 3.40. The van der Waals surface area contributed by atoms with Crippen LogP contribution in [0.5, 0.6) is 0 Å². The lowest BCUT2D eigenvalue weighted by Crippen LogP contribution is -2.22. The zero-order valence-electron chi connectivity index (χ0n) is 11.4. The van der Waals surface area contributed by atoms with E-state index in [0.717, 1.165) is 4.88 Å². The number of hydrogen-bond acceptors (Lipinski definition) is 3. The number of hydrogen-bond donors (Lipinski definition) is 1. The number of rotatable bonds is 4. The van der Waals surface area contributed by atoms with E-state index in [4.69, 9.17) is 0 Å². The summed E-state index contributed by atoms with van der Waals surface area (Å²) in [6, 6.07) is 10.8. The van der Waals surface area contributed by atoms with Crippen LogP contribution in [0.15, 0.2) is 41.8 Å². The average Bonchev–Trinajstić information content (AvgIpc) is 2.90. The van der Waals surface area contributed by atoms with Crippen LogP contribution in [0.1, 0.15) is 15.2 Å². The van der Waals surface area contributed by atoms with Crippen molar-refractivity contribution in [1.82, 2.24) is 4.90 Å². The zero-order chi connectivity index (χ0) is 14.5. The second-order valence-corrected chi connectivity index (χ2v) is 5.62. The quantitative estimate of drug-likeness (QED) is 0.940. The van der Waals surface area contributed by atoms with Gasteiger partial charge in [-0.3, -0.25) is 9.59 Å². The van der Waals surface area contributed by atoms with Gasteiger partial charge in [-0.05, 0) is 29.6 Å². The van der Waals surface area contributed by atoms with Crippen LogP contribution >= 0.6 is 11.3 Å². The van der Waals surface area contributed by atoms with Crippen LogP contribution in [0.4, 0.5) is 5.69 Å². The second-order valence-electron chi connectivity index (χ2n) is 4.58. The zero-order valence-corrected chi connectivity index (χ0v) is 12.2. The molecule has 0 atom stereocenters. The monoisotopic (exact) mass is 288 g/mol. The third-order valence-corrected chi connectivity index (χ3v) is 3.59. The molecular formula is C15H16N2O2S. The Morgan fingerprint density at radius 2 is 2.00 bits per heavy atom. The second kappa shape index (κ2) is 6.34. The topological polar surface area (TPSA) is 49.4 Å². The summed E-state index contributed by atoms with van der Waals surface area (Å²) in [5.74, 6) is -0.166. The highest BCUT2D eigenvalue weighted by molar-refractivity contribution is 7.10. The van der Waals surface area contributed by atoms with Gasteiger partial charge >= 0.3 is 0 Å². The molecule has 2 aromatic rings. The van der Waals surface area contributed by atoms with Crippen molar-refractivity contribution < 1.29 is 9.59 Å². The van der Waals surface area contributed by atoms with Crippen molar-refractivity contribution in [2.75, 3.05) is 19.4 Å². The molecule has 0 fully saturated rings. The minimum Gasteiger partial charge on any atom is -0.345 e. The van der Waals surface area contributed by atoms with Gasteiger partial charge in [0.25, 0.3) is 5.91 Å². The number of anilines is 1. The van der Waals surface area contributed by atoms with E-state index in [1.807, 2.05) is 17.5 Å². The molecule has 0 aliphatic carbocycles. The van der Waals surface area contributed by atoms with Crippen LogP contribution in [0.2, 0.25) is 0 Å². The van der Waals surface area contributed by atoms with Gasteiger partial charge in [-0.25, -0.2) is 0 Å². The molecule has 5 heteroatoms. The van der Waals surface area contributed by atoms with E-state index >= 15 is 0 Å². The van der Waals surface area contributed by atoms with Crippen LogP contribution in [0.3, 0.4) is 0 Å². The summed E-state index contributed by atoms with van der Waals surface area (Å²) in [6.45, 7) is 0. The first-order valence-corrected chi connectivity index (χ1v) is 7.08. The Kier molecular flexibility index (Phi) is 4.53. The van der Waals surface area contributed by atoms with Gasteiger partial charge in [0.15, 0.2) is 0 Å². The molecule has 0 bridgehead atoms. The van der Waals surface area contributed by atoms with Crippen molar-refractivity contribution >= 4 is 28.8 Å². The minimum absolute atomic E-state index is 0.0816. The van der Waals surface area contributed by atoms with Crippen molar-refractivity contribution in [2.24, 2.45) is 0 Å². The molecule has 0 saturated carbocycles. The Morgan fingerprint density at radius 3 is 2.65 bits per heavy atom. The molecule has 1 aromatic carbocycles. The highest BCUT2D eigenvalue weighted by atomic mass is 32.1. The Balaban J connectivity index is 2.04. The number of thiophene rings is 1. The molecule has 1 aromatic heterocycles. The average molecular weight is 288 g/mol. The van der Waals surface area contributed by atoms with Gasteiger partial charge in [0.1, 0.15) is 0 Å². The molecule has 2 rings (SSSR count). The van der Waals surface area contributed by atoms with Crippen molar-refractivity contribution in [3.63, 3.8) is 0 Å². The van der Waals surface area contributed by atoms with Crippen molar-refractivity contribution in [3.8, 4) is 0 Å². The molecule has 2 amide bonds. The molecule has 0 saturated heterocycles. The van der Waals surface area contributed by atoms with E-state index in [9.17, 15) is 9.59 Å². The summed E-state index contributed by atoms with van der Waals surface area (Å²) in [5.41, 5.74) is 1.20. The van der Waals surface area contributed by atoms with Crippen LogP contribution in [-0.2, 0) is 11.2 Å².